The van der Waals surface area contributed by atoms with E-state index < -0.39 is 10.0 Å². The number of nitrogens with one attached hydrogen (secondary N) is 1. The van der Waals surface area contributed by atoms with Crippen LogP contribution in [-0.2, 0) is 10.0 Å². The molecule has 1 unspecified atom stereocenters. The molecule has 1 saturated heterocycles. The molecule has 1 N–H and O–H groups in total. The summed E-state index contributed by atoms with van der Waals surface area (Å²) < 4.78 is 28.1. The highest BCUT2D eigenvalue weighted by Crippen LogP contribution is 2.34. The highest BCUT2D eigenvalue weighted by molar-refractivity contribution is 7.89. The number of aryl methyl sites for hydroxylation is 1. The quantitative estimate of drug-likeness (QED) is 0.819. The number of sulfonamides is 1. The molecule has 2 aliphatic rings. The molecule has 0 aliphatic carbocycles. The maximum atomic E-state index is 13.3. The van der Waals surface area contributed by atoms with Crippen LogP contribution >= 0.6 is 0 Å². The fourth-order valence-corrected chi connectivity index (χ4v) is 5.08. The molecule has 2 aliphatic heterocycles. The number of nitrogens with zero attached hydrogens (tertiary/aromatic N) is 2. The van der Waals surface area contributed by atoms with Crippen molar-refractivity contribution < 1.29 is 13.2 Å². The number of anilines is 2. The summed E-state index contributed by atoms with van der Waals surface area (Å²) in [7, 11) is -3.66. The van der Waals surface area contributed by atoms with Crippen molar-refractivity contribution in [1.82, 2.24) is 4.72 Å². The van der Waals surface area contributed by atoms with Gasteiger partial charge >= 0.3 is 6.03 Å². The van der Waals surface area contributed by atoms with Gasteiger partial charge < -0.3 is 0 Å². The first-order valence-corrected chi connectivity index (χ1v) is 10.7. The van der Waals surface area contributed by atoms with Crippen LogP contribution in [0.1, 0.15) is 24.8 Å². The molecule has 27 heavy (non-hydrogen) atoms. The number of carbonyl (C=O) groups is 1. The topological polar surface area (TPSA) is 69.7 Å². The van der Waals surface area contributed by atoms with E-state index in [2.05, 4.69) is 4.72 Å². The number of rotatable bonds is 1. The van der Waals surface area contributed by atoms with Crippen molar-refractivity contribution in [2.75, 3.05) is 22.9 Å². The van der Waals surface area contributed by atoms with Gasteiger partial charge in [-0.05, 0) is 44.0 Å². The summed E-state index contributed by atoms with van der Waals surface area (Å²) in [6.07, 6.45) is 2.43. The van der Waals surface area contributed by atoms with Gasteiger partial charge in [-0.25, -0.2) is 17.9 Å². The lowest BCUT2D eigenvalue weighted by atomic mass is 10.1. The average molecular weight is 385 g/mol. The molecule has 2 heterocycles. The van der Waals surface area contributed by atoms with E-state index in [0.717, 1.165) is 30.5 Å². The highest BCUT2D eigenvalue weighted by atomic mass is 32.2. The summed E-state index contributed by atoms with van der Waals surface area (Å²) in [6.45, 7) is 2.90. The van der Waals surface area contributed by atoms with Crippen molar-refractivity contribution in [1.29, 1.82) is 0 Å². The van der Waals surface area contributed by atoms with E-state index in [1.165, 1.54) is 0 Å². The first-order valence-electron chi connectivity index (χ1n) is 9.23. The van der Waals surface area contributed by atoms with Crippen LogP contribution in [0.2, 0.25) is 0 Å². The first kappa shape index (κ1) is 18.0. The molecule has 6 nitrogen and oxygen atoms in total. The largest absolute Gasteiger partial charge is 0.329 e. The number of fused-ring (bicyclic) bond motifs is 4. The molecule has 142 valence electrons. The minimum atomic E-state index is -3.66. The van der Waals surface area contributed by atoms with Crippen molar-refractivity contribution in [3.05, 3.63) is 54.1 Å². The average Bonchev–Trinajstić information content (AvgIpc) is 2.97. The Hall–Kier alpha value is -2.38. The van der Waals surface area contributed by atoms with E-state index in [4.69, 9.17) is 0 Å². The summed E-state index contributed by atoms with van der Waals surface area (Å²) >= 11 is 0. The van der Waals surface area contributed by atoms with Crippen LogP contribution in [-0.4, -0.2) is 33.6 Å². The number of amides is 2. The fourth-order valence-electron chi connectivity index (χ4n) is 3.80. The SMILES string of the molecule is Cc1ccc(N2C(=O)N3CC2CCCCNS(=O)(=O)c2ccccc23)cc1. The fraction of sp³-hybridized carbons (Fsp3) is 0.350. The van der Waals surface area contributed by atoms with Gasteiger partial charge in [0.05, 0.1) is 11.7 Å². The normalized spacial score (nSPS) is 22.3. The Morgan fingerprint density at radius 1 is 1.04 bits per heavy atom. The van der Waals surface area contributed by atoms with Gasteiger partial charge in [0.25, 0.3) is 0 Å². The zero-order valence-corrected chi connectivity index (χ0v) is 16.1. The van der Waals surface area contributed by atoms with Gasteiger partial charge in [-0.2, -0.15) is 0 Å². The smallest absolute Gasteiger partial charge is 0.291 e. The Labute approximate surface area is 159 Å². The second-order valence-corrected chi connectivity index (χ2v) is 8.85. The van der Waals surface area contributed by atoms with Crippen molar-refractivity contribution >= 4 is 27.4 Å². The lowest BCUT2D eigenvalue weighted by Crippen LogP contribution is -2.36. The maximum Gasteiger partial charge on any atom is 0.329 e. The first-order chi connectivity index (χ1) is 13.0. The van der Waals surface area contributed by atoms with Gasteiger partial charge in [-0.1, -0.05) is 36.2 Å². The second kappa shape index (κ2) is 6.98. The second-order valence-electron chi connectivity index (χ2n) is 7.11. The van der Waals surface area contributed by atoms with Gasteiger partial charge in [-0.3, -0.25) is 9.80 Å². The summed E-state index contributed by atoms with van der Waals surface area (Å²) in [6, 6.07) is 14.5. The van der Waals surface area contributed by atoms with Gasteiger partial charge in [0.15, 0.2) is 0 Å². The Morgan fingerprint density at radius 3 is 2.56 bits per heavy atom. The monoisotopic (exact) mass is 385 g/mol. The predicted octanol–water partition coefficient (Wildman–Crippen LogP) is 3.27. The van der Waals surface area contributed by atoms with E-state index in [1.54, 1.807) is 29.2 Å². The van der Waals surface area contributed by atoms with Gasteiger partial charge in [0.2, 0.25) is 10.0 Å². The van der Waals surface area contributed by atoms with Gasteiger partial charge in [0.1, 0.15) is 4.90 Å². The zero-order chi connectivity index (χ0) is 19.0. The van der Waals surface area contributed by atoms with E-state index in [-0.39, 0.29) is 17.0 Å². The molecule has 4 rings (SSSR count). The van der Waals surface area contributed by atoms with E-state index in [9.17, 15) is 13.2 Å². The van der Waals surface area contributed by atoms with Crippen LogP contribution in [0.4, 0.5) is 16.2 Å². The molecule has 0 saturated carbocycles. The van der Waals surface area contributed by atoms with Crippen LogP contribution in [0, 0.1) is 6.92 Å². The highest BCUT2D eigenvalue weighted by Gasteiger charge is 2.40. The Bertz CT molecular complexity index is 957. The van der Waals surface area contributed by atoms with E-state index in [0.29, 0.717) is 18.8 Å². The molecule has 1 fully saturated rings. The zero-order valence-electron chi connectivity index (χ0n) is 15.3. The van der Waals surface area contributed by atoms with Crippen molar-refractivity contribution in [3.8, 4) is 0 Å². The number of hydrogen-bond donors (Lipinski definition) is 1. The third-order valence-electron chi connectivity index (χ3n) is 5.21. The minimum absolute atomic E-state index is 0.0223. The van der Waals surface area contributed by atoms with E-state index >= 15 is 0 Å². The standard InChI is InChI=1S/C20H23N3O3S/c1-15-9-11-16(12-10-15)23-17-6-4-5-13-21-27(25,26)19-8-3-2-7-18(19)22(14-17)20(23)24/h2-3,7-12,17,21H,4-6,13-14H2,1H3. The van der Waals surface area contributed by atoms with Gasteiger partial charge in [-0.15, -0.1) is 0 Å². The molecule has 0 spiro atoms. The van der Waals surface area contributed by atoms with E-state index in [1.807, 2.05) is 36.1 Å². The molecule has 2 aromatic carbocycles. The van der Waals surface area contributed by atoms with Crippen LogP contribution in [0.5, 0.6) is 0 Å². The lowest BCUT2D eigenvalue weighted by molar-refractivity contribution is 0.255. The lowest BCUT2D eigenvalue weighted by Gasteiger charge is -2.24. The molecule has 1 atom stereocenters. The van der Waals surface area contributed by atoms with Crippen molar-refractivity contribution in [2.24, 2.45) is 0 Å². The Morgan fingerprint density at radius 2 is 1.78 bits per heavy atom. The summed E-state index contributed by atoms with van der Waals surface area (Å²) in [5, 5.41) is 0. The minimum Gasteiger partial charge on any atom is -0.291 e. The molecular formula is C20H23N3O3S. The molecule has 2 aromatic rings. The predicted molar refractivity (Wildman–Crippen MR) is 106 cm³/mol. The summed E-state index contributed by atoms with van der Waals surface area (Å²) in [4.78, 5) is 16.9. The molecule has 0 radical (unpaired) electrons. The van der Waals surface area contributed by atoms with Crippen molar-refractivity contribution in [2.45, 2.75) is 37.1 Å². The molecule has 2 amide bonds. The number of carbonyl (C=O) groups excluding carboxylic acids is 1. The third-order valence-corrected chi connectivity index (χ3v) is 6.72. The molecule has 0 aromatic heterocycles. The van der Waals surface area contributed by atoms with Crippen LogP contribution in [0.15, 0.2) is 53.4 Å². The Balaban J connectivity index is 1.81. The summed E-state index contributed by atoms with van der Waals surface area (Å²) in [5.74, 6) is 0. The number of hydrogen-bond acceptors (Lipinski definition) is 3. The summed E-state index contributed by atoms with van der Waals surface area (Å²) in [5.41, 5.74) is 2.43. The molecule has 2 bridgehead atoms. The van der Waals surface area contributed by atoms with Crippen LogP contribution in [0.25, 0.3) is 0 Å². The third kappa shape index (κ3) is 3.33. The molecular weight excluding hydrogens is 362 g/mol. The Kier molecular flexibility index (Phi) is 4.65. The number of urea groups is 1. The number of para-hydroxylation sites is 1. The van der Waals surface area contributed by atoms with Crippen LogP contribution < -0.4 is 14.5 Å². The van der Waals surface area contributed by atoms with Crippen molar-refractivity contribution in [3.63, 3.8) is 0 Å². The number of benzene rings is 2. The molecule has 7 heteroatoms. The maximum absolute atomic E-state index is 13.3. The van der Waals surface area contributed by atoms with Crippen LogP contribution in [0.3, 0.4) is 0 Å². The van der Waals surface area contributed by atoms with Gasteiger partial charge in [0, 0.05) is 18.8 Å².